The highest BCUT2D eigenvalue weighted by Gasteiger charge is 2.51. The monoisotopic (exact) mass is 412 g/mol. The Labute approximate surface area is 150 Å². The molecule has 0 aromatic carbocycles. The molecule has 0 N–H and O–H groups in total. The van der Waals surface area contributed by atoms with Crippen LogP contribution in [0.5, 0.6) is 0 Å². The molecule has 23 heavy (non-hydrogen) atoms. The van der Waals surface area contributed by atoms with Gasteiger partial charge < -0.3 is 16.5 Å². The second kappa shape index (κ2) is 8.08. The molecule has 0 atom stereocenters. The van der Waals surface area contributed by atoms with Crippen molar-refractivity contribution in [3.05, 3.63) is 0 Å². The van der Waals surface area contributed by atoms with Gasteiger partial charge in [0, 0.05) is 6.04 Å². The normalized spacial score (nSPS) is 15.1. The van der Waals surface area contributed by atoms with Crippen molar-refractivity contribution in [2.75, 3.05) is 0 Å². The molecule has 0 amide bonds. The van der Waals surface area contributed by atoms with Gasteiger partial charge in [-0.05, 0) is 72.0 Å². The van der Waals surface area contributed by atoms with E-state index in [1.54, 1.807) is 0 Å². The fraction of sp³-hybridized carbons (Fsp3) is 1.00. The molecule has 0 bridgehead atoms. The lowest BCUT2D eigenvalue weighted by Gasteiger charge is -2.44. The van der Waals surface area contributed by atoms with E-state index < -0.39 is 42.3 Å². The minimum Gasteiger partial charge on any atom is -0.437 e. The third-order valence-corrected chi connectivity index (χ3v) is 18.6. The molecule has 0 spiro atoms. The van der Waals surface area contributed by atoms with Crippen LogP contribution in [0.1, 0.15) is 13.3 Å². The Balaban J connectivity index is 5.61. The van der Waals surface area contributed by atoms with Gasteiger partial charge >= 0.3 is 17.4 Å². The largest absolute Gasteiger partial charge is 0.471 e. The van der Waals surface area contributed by atoms with Gasteiger partial charge in [-0.25, -0.2) is 0 Å². The summed E-state index contributed by atoms with van der Waals surface area (Å²) in [4.78, 5) is 0. The van der Waals surface area contributed by atoms with E-state index in [0.29, 0.717) is 0 Å². The Kier molecular flexibility index (Phi) is 8.41. The molecule has 4 nitrogen and oxygen atoms in total. The smallest absolute Gasteiger partial charge is 0.437 e. The van der Waals surface area contributed by atoms with Crippen LogP contribution in [-0.4, -0.2) is 42.3 Å². The fourth-order valence-corrected chi connectivity index (χ4v) is 23.0. The van der Waals surface area contributed by atoms with Crippen LogP contribution in [0, 0.1) is 0 Å². The molecule has 9 heteroatoms. The molecule has 140 valence electrons. The van der Waals surface area contributed by atoms with Gasteiger partial charge in [0.2, 0.25) is 0 Å². The highest BCUT2D eigenvalue weighted by molar-refractivity contribution is 6.91. The maximum absolute atomic E-state index is 6.71. The summed E-state index contributed by atoms with van der Waals surface area (Å²) in [5.41, 5.74) is 0. The summed E-state index contributed by atoms with van der Waals surface area (Å²) in [6.07, 6.45) is 1.01. The van der Waals surface area contributed by atoms with Crippen LogP contribution in [-0.2, 0) is 16.5 Å². The first kappa shape index (κ1) is 23.9. The first-order chi connectivity index (χ1) is 9.89. The summed E-state index contributed by atoms with van der Waals surface area (Å²) in [5, 5.41) is 0. The van der Waals surface area contributed by atoms with Gasteiger partial charge in [-0.15, -0.1) is 0 Å². The van der Waals surface area contributed by atoms with Gasteiger partial charge in [0.25, 0.3) is 0 Å². The van der Waals surface area contributed by atoms with Gasteiger partial charge in [-0.3, -0.25) is 0 Å². The van der Waals surface area contributed by atoms with Crippen molar-refractivity contribution in [2.45, 2.75) is 91.4 Å². The number of rotatable bonds is 10. The second-order valence-electron chi connectivity index (χ2n) is 9.58. The van der Waals surface area contributed by atoms with Crippen LogP contribution in [0.4, 0.5) is 0 Å². The summed E-state index contributed by atoms with van der Waals surface area (Å²) < 4.78 is 26.4. The van der Waals surface area contributed by atoms with Crippen molar-refractivity contribution in [2.24, 2.45) is 0 Å². The Morgan fingerprint density at radius 3 is 1.13 bits per heavy atom. The lowest BCUT2D eigenvalue weighted by atomic mass is 10.6. The molecule has 0 aliphatic carbocycles. The van der Waals surface area contributed by atoms with Crippen LogP contribution < -0.4 is 0 Å². The quantitative estimate of drug-likeness (QED) is 0.437. The Bertz CT molecular complexity index is 353. The van der Waals surface area contributed by atoms with E-state index in [0.717, 1.165) is 12.5 Å². The Hall–Kier alpha value is 0.924. The standard InChI is InChI=1S/C14H40O4Si5/c1-13-14-23(16-20(5,6)7,17-21(8,9)10)18-22(11,12)15-19(2,3)4/h13-14H2,1-12H3. The summed E-state index contributed by atoms with van der Waals surface area (Å²) >= 11 is 0. The van der Waals surface area contributed by atoms with E-state index in [9.17, 15) is 0 Å². The average Bonchev–Trinajstić information content (AvgIpc) is 2.03. The highest BCUT2D eigenvalue weighted by Crippen LogP contribution is 2.31. The zero-order chi connectivity index (χ0) is 18.7. The number of hydrogen-bond acceptors (Lipinski definition) is 4. The van der Waals surface area contributed by atoms with Gasteiger partial charge in [0.15, 0.2) is 25.0 Å². The van der Waals surface area contributed by atoms with Crippen LogP contribution in [0.2, 0.25) is 78.1 Å². The van der Waals surface area contributed by atoms with Crippen LogP contribution in [0.25, 0.3) is 0 Å². The van der Waals surface area contributed by atoms with Crippen LogP contribution in [0.15, 0.2) is 0 Å². The molecule has 0 unspecified atom stereocenters. The summed E-state index contributed by atoms with van der Waals surface area (Å²) in [5.74, 6) is 0. The molecule has 0 radical (unpaired) electrons. The maximum Gasteiger partial charge on any atom is 0.471 e. The third kappa shape index (κ3) is 12.0. The zero-order valence-corrected chi connectivity index (χ0v) is 22.5. The first-order valence-corrected chi connectivity index (χ1v) is 23.7. The molecule has 0 rings (SSSR count). The molecule has 0 aliphatic heterocycles. The molecule has 0 aromatic heterocycles. The van der Waals surface area contributed by atoms with Gasteiger partial charge in [0.1, 0.15) is 0 Å². The average molecular weight is 413 g/mol. The van der Waals surface area contributed by atoms with Gasteiger partial charge in [-0.2, -0.15) is 0 Å². The summed E-state index contributed by atoms with van der Waals surface area (Å²) in [6.45, 7) is 26.4. The second-order valence-corrected chi connectivity index (χ2v) is 30.2. The fourth-order valence-electron chi connectivity index (χ4n) is 2.59. The van der Waals surface area contributed by atoms with Crippen molar-refractivity contribution in [3.63, 3.8) is 0 Å². The van der Waals surface area contributed by atoms with Crippen molar-refractivity contribution in [1.29, 1.82) is 0 Å². The Morgan fingerprint density at radius 1 is 0.522 bits per heavy atom. The first-order valence-electron chi connectivity index (χ1n) is 8.69. The van der Waals surface area contributed by atoms with Crippen molar-refractivity contribution in [3.8, 4) is 0 Å². The molecule has 0 fully saturated rings. The van der Waals surface area contributed by atoms with Gasteiger partial charge in [0.05, 0.1) is 0 Å². The molecular formula is C14H40O4Si5. The van der Waals surface area contributed by atoms with E-state index in [4.69, 9.17) is 16.5 Å². The van der Waals surface area contributed by atoms with Crippen LogP contribution in [0.3, 0.4) is 0 Å². The minimum atomic E-state index is -2.72. The molecular weight excluding hydrogens is 373 g/mol. The van der Waals surface area contributed by atoms with Crippen molar-refractivity contribution in [1.82, 2.24) is 0 Å². The SMILES string of the molecule is CCC[Si](O[Si](C)(C)C)(O[Si](C)(C)C)O[Si](C)(C)O[Si](C)(C)C. The van der Waals surface area contributed by atoms with E-state index in [1.807, 2.05) is 0 Å². The predicted octanol–water partition coefficient (Wildman–Crippen LogP) is 5.61. The van der Waals surface area contributed by atoms with Crippen LogP contribution >= 0.6 is 0 Å². The Morgan fingerprint density at radius 2 is 0.870 bits per heavy atom. The summed E-state index contributed by atoms with van der Waals surface area (Å²) in [6, 6.07) is 0.882. The minimum absolute atomic E-state index is 0.882. The van der Waals surface area contributed by atoms with E-state index in [2.05, 4.69) is 78.9 Å². The molecule has 0 aromatic rings. The maximum atomic E-state index is 6.71. The molecule has 0 aliphatic rings. The summed E-state index contributed by atoms with van der Waals surface area (Å²) in [7, 11) is -10.2. The highest BCUT2D eigenvalue weighted by atomic mass is 28.5. The van der Waals surface area contributed by atoms with E-state index in [-0.39, 0.29) is 0 Å². The van der Waals surface area contributed by atoms with E-state index in [1.165, 1.54) is 0 Å². The number of hydrogen-bond donors (Lipinski definition) is 0. The van der Waals surface area contributed by atoms with E-state index >= 15 is 0 Å². The third-order valence-electron chi connectivity index (χ3n) is 2.43. The van der Waals surface area contributed by atoms with Crippen molar-refractivity contribution >= 4 is 42.3 Å². The van der Waals surface area contributed by atoms with Gasteiger partial charge in [-0.1, -0.05) is 13.3 Å². The lowest BCUT2D eigenvalue weighted by molar-refractivity contribution is 0.226. The molecule has 0 saturated heterocycles. The molecule has 0 saturated carbocycles. The zero-order valence-electron chi connectivity index (χ0n) is 17.5. The van der Waals surface area contributed by atoms with Crippen molar-refractivity contribution < 1.29 is 16.5 Å². The lowest BCUT2D eigenvalue weighted by Crippen LogP contribution is -2.62. The predicted molar refractivity (Wildman–Crippen MR) is 113 cm³/mol. The topological polar surface area (TPSA) is 36.9 Å². The molecule has 0 heterocycles.